The predicted molar refractivity (Wildman–Crippen MR) is 61.8 cm³/mol. The molecule has 15 heavy (non-hydrogen) atoms. The van der Waals surface area contributed by atoms with Crippen molar-refractivity contribution in [2.75, 3.05) is 19.6 Å². The number of amides is 1. The van der Waals surface area contributed by atoms with Crippen molar-refractivity contribution in [3.8, 4) is 0 Å². The van der Waals surface area contributed by atoms with Crippen LogP contribution in [0.1, 0.15) is 40.5 Å². The second-order valence-corrected chi connectivity index (χ2v) is 4.56. The van der Waals surface area contributed by atoms with Crippen LogP contribution in [0.5, 0.6) is 0 Å². The van der Waals surface area contributed by atoms with Gasteiger partial charge in [0, 0.05) is 13.1 Å². The number of rotatable bonds is 5. The van der Waals surface area contributed by atoms with E-state index < -0.39 is 5.60 Å². The fourth-order valence-electron chi connectivity index (χ4n) is 1.15. The molecule has 0 aliphatic carbocycles. The molecule has 0 aliphatic rings. The van der Waals surface area contributed by atoms with Gasteiger partial charge in [0.25, 0.3) is 0 Å². The Morgan fingerprint density at radius 2 is 1.93 bits per heavy atom. The van der Waals surface area contributed by atoms with Gasteiger partial charge in [-0.2, -0.15) is 0 Å². The number of carbonyl (C=O) groups is 1. The second kappa shape index (κ2) is 6.67. The van der Waals surface area contributed by atoms with Crippen LogP contribution in [0, 0.1) is 0 Å². The van der Waals surface area contributed by atoms with Crippen LogP contribution >= 0.6 is 0 Å². The zero-order chi connectivity index (χ0) is 11.9. The highest BCUT2D eigenvalue weighted by atomic mass is 16.6. The van der Waals surface area contributed by atoms with Gasteiger partial charge >= 0.3 is 6.09 Å². The average molecular weight is 216 g/mol. The van der Waals surface area contributed by atoms with Gasteiger partial charge in [-0.1, -0.05) is 0 Å². The number of unbranched alkanes of at least 4 members (excludes halogenated alkanes) is 1. The fourth-order valence-corrected chi connectivity index (χ4v) is 1.15. The van der Waals surface area contributed by atoms with Gasteiger partial charge in [0.15, 0.2) is 0 Å². The van der Waals surface area contributed by atoms with Crippen LogP contribution in [0.15, 0.2) is 0 Å². The first-order valence-electron chi connectivity index (χ1n) is 5.58. The Balaban J connectivity index is 3.99. The SMILES string of the molecule is CCN(CCCCN)C(=O)OC(C)(C)C. The van der Waals surface area contributed by atoms with E-state index in [0.29, 0.717) is 13.1 Å². The highest BCUT2D eigenvalue weighted by molar-refractivity contribution is 5.68. The molecule has 0 fully saturated rings. The molecule has 0 saturated carbocycles. The largest absolute Gasteiger partial charge is 0.444 e. The van der Waals surface area contributed by atoms with Gasteiger partial charge in [0.1, 0.15) is 5.60 Å². The third kappa shape index (κ3) is 7.19. The van der Waals surface area contributed by atoms with Crippen LogP contribution in [-0.4, -0.2) is 36.2 Å². The van der Waals surface area contributed by atoms with E-state index in [1.54, 1.807) is 4.90 Å². The molecule has 0 radical (unpaired) electrons. The maximum atomic E-state index is 11.7. The number of nitrogens with two attached hydrogens (primary N) is 1. The molecule has 0 unspecified atom stereocenters. The van der Waals surface area contributed by atoms with Gasteiger partial charge in [-0.15, -0.1) is 0 Å². The second-order valence-electron chi connectivity index (χ2n) is 4.56. The first kappa shape index (κ1) is 14.2. The summed E-state index contributed by atoms with van der Waals surface area (Å²) in [5.74, 6) is 0. The molecule has 0 rings (SSSR count). The quantitative estimate of drug-likeness (QED) is 0.715. The van der Waals surface area contributed by atoms with E-state index in [-0.39, 0.29) is 6.09 Å². The summed E-state index contributed by atoms with van der Waals surface area (Å²) in [5.41, 5.74) is 4.98. The standard InChI is InChI=1S/C11H24N2O2/c1-5-13(9-7-6-8-12)10(14)15-11(2,3)4/h5-9,12H2,1-4H3. The molecule has 0 aromatic rings. The lowest BCUT2D eigenvalue weighted by molar-refractivity contribution is 0.0257. The Morgan fingerprint density at radius 1 is 1.33 bits per heavy atom. The van der Waals surface area contributed by atoms with Crippen molar-refractivity contribution in [2.24, 2.45) is 5.73 Å². The Kier molecular flexibility index (Phi) is 6.32. The van der Waals surface area contributed by atoms with E-state index >= 15 is 0 Å². The first-order chi connectivity index (χ1) is 6.90. The smallest absolute Gasteiger partial charge is 0.410 e. The zero-order valence-corrected chi connectivity index (χ0v) is 10.4. The van der Waals surface area contributed by atoms with Crippen LogP contribution in [0.2, 0.25) is 0 Å². The number of nitrogens with zero attached hydrogens (tertiary/aromatic N) is 1. The van der Waals surface area contributed by atoms with Crippen molar-refractivity contribution in [2.45, 2.75) is 46.1 Å². The summed E-state index contributed by atoms with van der Waals surface area (Å²) in [6, 6.07) is 0. The number of hydrogen-bond acceptors (Lipinski definition) is 3. The van der Waals surface area contributed by atoms with Gasteiger partial charge < -0.3 is 15.4 Å². The molecule has 90 valence electrons. The number of carbonyl (C=O) groups excluding carboxylic acids is 1. The maximum absolute atomic E-state index is 11.7. The lowest BCUT2D eigenvalue weighted by atomic mass is 10.2. The van der Waals surface area contributed by atoms with Gasteiger partial charge in [-0.3, -0.25) is 0 Å². The lowest BCUT2D eigenvalue weighted by Gasteiger charge is -2.26. The highest BCUT2D eigenvalue weighted by Gasteiger charge is 2.20. The average Bonchev–Trinajstić information content (AvgIpc) is 2.09. The molecule has 2 N–H and O–H groups in total. The summed E-state index contributed by atoms with van der Waals surface area (Å²) in [4.78, 5) is 13.4. The summed E-state index contributed by atoms with van der Waals surface area (Å²) < 4.78 is 5.28. The molecule has 0 spiro atoms. The van der Waals surface area contributed by atoms with Crippen LogP contribution in [0.4, 0.5) is 4.79 Å². The van der Waals surface area contributed by atoms with Gasteiger partial charge in [-0.25, -0.2) is 4.79 Å². The minimum absolute atomic E-state index is 0.234. The lowest BCUT2D eigenvalue weighted by Crippen LogP contribution is -2.37. The molecule has 0 saturated heterocycles. The zero-order valence-electron chi connectivity index (χ0n) is 10.4. The van der Waals surface area contributed by atoms with E-state index in [2.05, 4.69) is 0 Å². The van der Waals surface area contributed by atoms with E-state index in [1.165, 1.54) is 0 Å². The van der Waals surface area contributed by atoms with Crippen molar-refractivity contribution in [1.29, 1.82) is 0 Å². The summed E-state index contributed by atoms with van der Waals surface area (Å²) in [7, 11) is 0. The molecule has 0 bridgehead atoms. The summed E-state index contributed by atoms with van der Waals surface area (Å²) in [5, 5.41) is 0. The van der Waals surface area contributed by atoms with Crippen LogP contribution in [0.25, 0.3) is 0 Å². The predicted octanol–water partition coefficient (Wildman–Crippen LogP) is 1.98. The van der Waals surface area contributed by atoms with E-state index in [0.717, 1.165) is 19.4 Å². The Morgan fingerprint density at radius 3 is 2.33 bits per heavy atom. The van der Waals surface area contributed by atoms with Gasteiger partial charge in [0.2, 0.25) is 0 Å². The Labute approximate surface area is 92.8 Å². The molecule has 0 heterocycles. The summed E-state index contributed by atoms with van der Waals surface area (Å²) in [6.45, 7) is 9.65. The molecule has 4 heteroatoms. The molecular weight excluding hydrogens is 192 g/mol. The minimum Gasteiger partial charge on any atom is -0.444 e. The van der Waals surface area contributed by atoms with Crippen LogP contribution in [-0.2, 0) is 4.74 Å². The van der Waals surface area contributed by atoms with Crippen molar-refractivity contribution >= 4 is 6.09 Å². The van der Waals surface area contributed by atoms with E-state index in [9.17, 15) is 4.79 Å². The number of hydrogen-bond donors (Lipinski definition) is 1. The van der Waals surface area contributed by atoms with Gasteiger partial charge in [-0.05, 0) is 47.1 Å². The van der Waals surface area contributed by atoms with Crippen molar-refractivity contribution in [1.82, 2.24) is 4.90 Å². The molecule has 0 aromatic heterocycles. The molecule has 0 aliphatic heterocycles. The first-order valence-corrected chi connectivity index (χ1v) is 5.58. The monoisotopic (exact) mass is 216 g/mol. The molecule has 0 atom stereocenters. The summed E-state index contributed by atoms with van der Waals surface area (Å²) in [6.07, 6.45) is 1.64. The van der Waals surface area contributed by atoms with Crippen molar-refractivity contribution < 1.29 is 9.53 Å². The minimum atomic E-state index is -0.418. The maximum Gasteiger partial charge on any atom is 0.410 e. The third-order valence-corrected chi connectivity index (χ3v) is 1.92. The van der Waals surface area contributed by atoms with E-state index in [4.69, 9.17) is 10.5 Å². The Bertz CT molecular complexity index is 188. The van der Waals surface area contributed by atoms with Crippen molar-refractivity contribution in [3.63, 3.8) is 0 Å². The normalized spacial score (nSPS) is 11.3. The van der Waals surface area contributed by atoms with Crippen LogP contribution in [0.3, 0.4) is 0 Å². The number of ether oxygens (including phenoxy) is 1. The highest BCUT2D eigenvalue weighted by Crippen LogP contribution is 2.10. The summed E-state index contributed by atoms with van der Waals surface area (Å²) >= 11 is 0. The molecule has 1 amide bonds. The van der Waals surface area contributed by atoms with Gasteiger partial charge in [0.05, 0.1) is 0 Å². The molecule has 0 aromatic carbocycles. The van der Waals surface area contributed by atoms with Crippen molar-refractivity contribution in [3.05, 3.63) is 0 Å². The fraction of sp³-hybridized carbons (Fsp3) is 0.909. The molecule has 4 nitrogen and oxygen atoms in total. The Hall–Kier alpha value is -0.770. The molecular formula is C11H24N2O2. The third-order valence-electron chi connectivity index (χ3n) is 1.92. The topological polar surface area (TPSA) is 55.6 Å². The van der Waals surface area contributed by atoms with E-state index in [1.807, 2.05) is 27.7 Å². The van der Waals surface area contributed by atoms with Crippen LogP contribution < -0.4 is 5.73 Å².